The fraction of sp³-hybridized carbons (Fsp3) is 0.185. The number of aromatic hydroxyl groups is 1. The van der Waals surface area contributed by atoms with Gasteiger partial charge in [-0.05, 0) is 56.3 Å². The lowest BCUT2D eigenvalue weighted by atomic mass is 10.1. The van der Waals surface area contributed by atoms with E-state index in [1.54, 1.807) is 25.1 Å². The van der Waals surface area contributed by atoms with Crippen molar-refractivity contribution in [2.75, 3.05) is 19.5 Å². The summed E-state index contributed by atoms with van der Waals surface area (Å²) in [4.78, 5) is 25.6. The van der Waals surface area contributed by atoms with Gasteiger partial charge in [0.15, 0.2) is 6.10 Å². The molecule has 0 saturated carbocycles. The van der Waals surface area contributed by atoms with Crippen molar-refractivity contribution in [2.24, 2.45) is 0 Å². The molecule has 1 heterocycles. The summed E-state index contributed by atoms with van der Waals surface area (Å²) < 4.78 is 21.5. The van der Waals surface area contributed by atoms with Gasteiger partial charge in [0, 0.05) is 22.9 Å². The highest BCUT2D eigenvalue weighted by atomic mass is 16.6. The number of nitrogens with zero attached hydrogens (tertiary/aromatic N) is 2. The summed E-state index contributed by atoms with van der Waals surface area (Å²) in [6.07, 6.45) is -0.888. The predicted molar refractivity (Wildman–Crippen MR) is 134 cm³/mol. The Morgan fingerprint density at radius 2 is 1.62 bits per heavy atom. The smallest absolute Gasteiger partial charge is 0.342 e. The fourth-order valence-electron chi connectivity index (χ4n) is 3.41. The number of aryl methyl sites for hydroxylation is 1. The molecule has 0 aliphatic heterocycles. The molecule has 0 aliphatic rings. The van der Waals surface area contributed by atoms with Crippen molar-refractivity contribution in [3.05, 3.63) is 83.2 Å². The molecule has 0 saturated heterocycles. The van der Waals surface area contributed by atoms with Crippen LogP contribution in [0.1, 0.15) is 45.2 Å². The van der Waals surface area contributed by atoms with Crippen LogP contribution < -0.4 is 14.8 Å². The molecule has 2 N–H and O–H groups in total. The molecular formula is C27H25N3O7. The summed E-state index contributed by atoms with van der Waals surface area (Å²) >= 11 is 0. The van der Waals surface area contributed by atoms with E-state index >= 15 is 0 Å². The van der Waals surface area contributed by atoms with Gasteiger partial charge in [0.1, 0.15) is 22.8 Å². The van der Waals surface area contributed by atoms with E-state index in [0.717, 1.165) is 11.1 Å². The zero-order valence-electron chi connectivity index (χ0n) is 20.6. The van der Waals surface area contributed by atoms with Crippen LogP contribution in [0.2, 0.25) is 0 Å². The topological polar surface area (TPSA) is 133 Å². The number of esters is 1. The lowest BCUT2D eigenvalue weighted by Gasteiger charge is -2.12. The molecular weight excluding hydrogens is 478 g/mol. The Morgan fingerprint density at radius 3 is 2.27 bits per heavy atom. The van der Waals surface area contributed by atoms with E-state index in [1.165, 1.54) is 32.4 Å². The summed E-state index contributed by atoms with van der Waals surface area (Å²) in [5, 5.41) is 20.9. The number of benzene rings is 3. The number of aromatic nitrogens is 2. The number of ether oxygens (including phenoxy) is 3. The van der Waals surface area contributed by atoms with Crippen LogP contribution in [0.5, 0.6) is 17.2 Å². The number of phenolic OH excluding ortho intramolecular Hbond substituents is 1. The van der Waals surface area contributed by atoms with Gasteiger partial charge in [0.25, 0.3) is 11.8 Å². The molecule has 0 aliphatic carbocycles. The normalized spacial score (nSPS) is 11.5. The largest absolute Gasteiger partial charge is 0.507 e. The average Bonchev–Trinajstić information content (AvgIpc) is 3.40. The lowest BCUT2D eigenvalue weighted by Crippen LogP contribution is -2.14. The molecule has 1 atom stereocenters. The first-order valence-corrected chi connectivity index (χ1v) is 11.3. The number of carbonyl (C=O) groups excluding carboxylic acids is 2. The quantitative estimate of drug-likeness (QED) is 0.253. The zero-order valence-corrected chi connectivity index (χ0v) is 20.6. The number of anilines is 1. The van der Waals surface area contributed by atoms with Crippen molar-refractivity contribution < 1.29 is 33.3 Å². The van der Waals surface area contributed by atoms with Gasteiger partial charge in [-0.2, -0.15) is 0 Å². The van der Waals surface area contributed by atoms with E-state index < -0.39 is 18.0 Å². The molecule has 4 rings (SSSR count). The van der Waals surface area contributed by atoms with E-state index in [2.05, 4.69) is 15.5 Å². The highest BCUT2D eigenvalue weighted by molar-refractivity contribution is 6.05. The molecule has 10 heteroatoms. The highest BCUT2D eigenvalue weighted by Crippen LogP contribution is 2.28. The summed E-state index contributed by atoms with van der Waals surface area (Å²) in [7, 11) is 2.96. The van der Waals surface area contributed by atoms with Crippen LogP contribution in [-0.4, -0.2) is 41.4 Å². The second kappa shape index (κ2) is 10.8. The summed E-state index contributed by atoms with van der Waals surface area (Å²) in [6.45, 7) is 3.54. The van der Waals surface area contributed by atoms with Crippen molar-refractivity contribution in [1.29, 1.82) is 0 Å². The summed E-state index contributed by atoms with van der Waals surface area (Å²) in [5.41, 5.74) is 2.22. The van der Waals surface area contributed by atoms with E-state index in [-0.39, 0.29) is 28.5 Å². The van der Waals surface area contributed by atoms with E-state index in [1.807, 2.05) is 31.2 Å². The van der Waals surface area contributed by atoms with Crippen LogP contribution in [0.15, 0.2) is 65.1 Å². The number of carbonyl (C=O) groups is 2. The third-order valence-electron chi connectivity index (χ3n) is 5.46. The fourth-order valence-corrected chi connectivity index (χ4v) is 3.41. The molecule has 0 fully saturated rings. The molecule has 37 heavy (non-hydrogen) atoms. The van der Waals surface area contributed by atoms with Gasteiger partial charge in [-0.3, -0.25) is 4.79 Å². The number of hydrogen-bond donors (Lipinski definition) is 2. The second-order valence-corrected chi connectivity index (χ2v) is 8.15. The maximum absolute atomic E-state index is 12.8. The number of phenols is 1. The van der Waals surface area contributed by atoms with Crippen LogP contribution in [-0.2, 0) is 4.74 Å². The standard InChI is InChI=1S/C27H25N3O7/c1-15-5-7-17(8-6-15)26-30-29-25(37-26)16(2)36-27(33)22-13-19(9-10-23(22)31)28-24(32)18-11-20(34-3)14-21(12-18)35-4/h5-14,16,31H,1-4H3,(H,28,32). The first kappa shape index (κ1) is 25.2. The Hall–Kier alpha value is -4.86. The maximum atomic E-state index is 12.8. The predicted octanol–water partition coefficient (Wildman–Crippen LogP) is 4.94. The van der Waals surface area contributed by atoms with Crippen molar-refractivity contribution in [3.8, 4) is 28.7 Å². The van der Waals surface area contributed by atoms with Crippen LogP contribution in [0.3, 0.4) is 0 Å². The highest BCUT2D eigenvalue weighted by Gasteiger charge is 2.22. The third-order valence-corrected chi connectivity index (χ3v) is 5.46. The van der Waals surface area contributed by atoms with Crippen LogP contribution in [0.25, 0.3) is 11.5 Å². The minimum atomic E-state index is -0.888. The minimum absolute atomic E-state index is 0.0971. The first-order valence-electron chi connectivity index (χ1n) is 11.3. The molecule has 0 spiro atoms. The minimum Gasteiger partial charge on any atom is -0.507 e. The number of nitrogens with one attached hydrogen (secondary N) is 1. The van der Waals surface area contributed by atoms with Gasteiger partial charge in [0.2, 0.25) is 5.89 Å². The van der Waals surface area contributed by atoms with Gasteiger partial charge in [-0.25, -0.2) is 4.79 Å². The van der Waals surface area contributed by atoms with Gasteiger partial charge in [0.05, 0.1) is 14.2 Å². The van der Waals surface area contributed by atoms with Gasteiger partial charge in [-0.1, -0.05) is 17.7 Å². The van der Waals surface area contributed by atoms with Crippen molar-refractivity contribution in [2.45, 2.75) is 20.0 Å². The molecule has 190 valence electrons. The van der Waals surface area contributed by atoms with Crippen molar-refractivity contribution in [1.82, 2.24) is 10.2 Å². The van der Waals surface area contributed by atoms with Crippen molar-refractivity contribution >= 4 is 17.6 Å². The van der Waals surface area contributed by atoms with E-state index in [4.69, 9.17) is 18.6 Å². The number of hydrogen-bond acceptors (Lipinski definition) is 9. The molecule has 3 aromatic carbocycles. The third kappa shape index (κ3) is 5.87. The molecule has 4 aromatic rings. The SMILES string of the molecule is COc1cc(OC)cc(C(=O)Nc2ccc(O)c(C(=O)OC(C)c3nnc(-c4ccc(C)cc4)o3)c2)c1. The van der Waals surface area contributed by atoms with Crippen LogP contribution in [0.4, 0.5) is 5.69 Å². The number of amides is 1. The molecule has 10 nitrogen and oxygen atoms in total. The maximum Gasteiger partial charge on any atom is 0.342 e. The Labute approximate surface area is 212 Å². The van der Waals surface area contributed by atoms with Crippen molar-refractivity contribution in [3.63, 3.8) is 0 Å². The molecule has 1 aromatic heterocycles. The Bertz CT molecular complexity index is 1410. The van der Waals surface area contributed by atoms with E-state index in [9.17, 15) is 14.7 Å². The molecule has 1 amide bonds. The summed E-state index contributed by atoms with van der Waals surface area (Å²) in [6, 6.07) is 16.3. The van der Waals surface area contributed by atoms with Crippen LogP contribution >= 0.6 is 0 Å². The van der Waals surface area contributed by atoms with Crippen LogP contribution in [0, 0.1) is 6.92 Å². The molecule has 1 unspecified atom stereocenters. The average molecular weight is 504 g/mol. The Balaban J connectivity index is 1.47. The monoisotopic (exact) mass is 503 g/mol. The van der Waals surface area contributed by atoms with Gasteiger partial charge >= 0.3 is 5.97 Å². The molecule has 0 bridgehead atoms. The Morgan fingerprint density at radius 1 is 0.946 bits per heavy atom. The second-order valence-electron chi connectivity index (χ2n) is 8.15. The lowest BCUT2D eigenvalue weighted by molar-refractivity contribution is 0.0276. The summed E-state index contributed by atoms with van der Waals surface area (Å²) in [5.74, 6) is -0.340. The van der Waals surface area contributed by atoms with Gasteiger partial charge in [-0.15, -0.1) is 10.2 Å². The van der Waals surface area contributed by atoms with E-state index in [0.29, 0.717) is 17.4 Å². The Kier molecular flexibility index (Phi) is 7.38. The molecule has 0 radical (unpaired) electrons. The zero-order chi connectivity index (χ0) is 26.5. The number of rotatable bonds is 8. The first-order chi connectivity index (χ1) is 17.8. The number of methoxy groups -OCH3 is 2. The van der Waals surface area contributed by atoms with Gasteiger partial charge < -0.3 is 29.1 Å².